The number of aliphatic imine (C=N–C) groups is 1. The molecule has 1 fully saturated rings. The number of rotatable bonds is 10. The van der Waals surface area contributed by atoms with Crippen LogP contribution >= 0.6 is 0 Å². The maximum atomic E-state index is 5.75. The van der Waals surface area contributed by atoms with Crippen molar-refractivity contribution in [3.05, 3.63) is 29.8 Å². The lowest BCUT2D eigenvalue weighted by molar-refractivity contribution is 0.0420. The van der Waals surface area contributed by atoms with Crippen molar-refractivity contribution in [2.75, 3.05) is 47.1 Å². The van der Waals surface area contributed by atoms with Crippen LogP contribution in [0, 0.1) is 0 Å². The molecule has 1 aromatic carbocycles. The molecule has 0 bridgehead atoms. The lowest BCUT2D eigenvalue weighted by atomic mass is 10.1. The van der Waals surface area contributed by atoms with Gasteiger partial charge in [0.2, 0.25) is 0 Å². The van der Waals surface area contributed by atoms with Gasteiger partial charge < -0.3 is 24.8 Å². The largest absolute Gasteiger partial charge is 0.497 e. The SMILES string of the molecule is CN=C(NCCCOC1CCOC1)NCCCc1ccc(OC)cc1. The minimum Gasteiger partial charge on any atom is -0.497 e. The number of nitrogens with one attached hydrogen (secondary N) is 2. The van der Waals surface area contributed by atoms with E-state index in [-0.39, 0.29) is 6.10 Å². The molecule has 1 aliphatic heterocycles. The van der Waals surface area contributed by atoms with Crippen molar-refractivity contribution < 1.29 is 14.2 Å². The molecule has 140 valence electrons. The molecular formula is C19H31N3O3. The van der Waals surface area contributed by atoms with Crippen molar-refractivity contribution in [2.45, 2.75) is 31.8 Å². The van der Waals surface area contributed by atoms with Crippen LogP contribution in [-0.4, -0.2) is 59.1 Å². The monoisotopic (exact) mass is 349 g/mol. The van der Waals surface area contributed by atoms with E-state index in [1.807, 2.05) is 12.1 Å². The molecule has 0 radical (unpaired) electrons. The Labute approximate surface area is 151 Å². The van der Waals surface area contributed by atoms with E-state index in [0.29, 0.717) is 0 Å². The highest BCUT2D eigenvalue weighted by Crippen LogP contribution is 2.12. The number of hydrogen-bond donors (Lipinski definition) is 2. The normalized spacial score (nSPS) is 17.5. The van der Waals surface area contributed by atoms with E-state index in [4.69, 9.17) is 14.2 Å². The zero-order valence-corrected chi connectivity index (χ0v) is 15.4. The summed E-state index contributed by atoms with van der Waals surface area (Å²) in [4.78, 5) is 4.25. The molecule has 1 heterocycles. The Kier molecular flexibility index (Phi) is 9.15. The van der Waals surface area contributed by atoms with Crippen molar-refractivity contribution >= 4 is 5.96 Å². The van der Waals surface area contributed by atoms with Gasteiger partial charge in [0.25, 0.3) is 0 Å². The van der Waals surface area contributed by atoms with E-state index in [2.05, 4.69) is 27.8 Å². The molecule has 0 aromatic heterocycles. The Hall–Kier alpha value is -1.79. The number of guanidine groups is 1. The number of benzene rings is 1. The van der Waals surface area contributed by atoms with Crippen molar-refractivity contribution in [1.29, 1.82) is 0 Å². The summed E-state index contributed by atoms with van der Waals surface area (Å²) >= 11 is 0. The fourth-order valence-electron chi connectivity index (χ4n) is 2.69. The Balaban J connectivity index is 1.50. The van der Waals surface area contributed by atoms with Crippen LogP contribution < -0.4 is 15.4 Å². The van der Waals surface area contributed by atoms with E-state index in [9.17, 15) is 0 Å². The zero-order valence-electron chi connectivity index (χ0n) is 15.4. The van der Waals surface area contributed by atoms with Gasteiger partial charge in [0.15, 0.2) is 5.96 Å². The molecule has 1 atom stereocenters. The molecule has 6 heteroatoms. The molecule has 0 spiro atoms. The van der Waals surface area contributed by atoms with E-state index in [0.717, 1.165) is 70.3 Å². The Morgan fingerprint density at radius 1 is 1.20 bits per heavy atom. The summed E-state index contributed by atoms with van der Waals surface area (Å²) in [5.41, 5.74) is 1.32. The molecule has 1 aliphatic rings. The summed E-state index contributed by atoms with van der Waals surface area (Å²) < 4.78 is 16.2. The van der Waals surface area contributed by atoms with Crippen LogP contribution in [0.5, 0.6) is 5.75 Å². The summed E-state index contributed by atoms with van der Waals surface area (Å²) in [5, 5.41) is 6.67. The van der Waals surface area contributed by atoms with Gasteiger partial charge in [0.1, 0.15) is 5.75 Å². The highest BCUT2D eigenvalue weighted by atomic mass is 16.5. The zero-order chi connectivity index (χ0) is 17.7. The van der Waals surface area contributed by atoms with Gasteiger partial charge in [0.05, 0.1) is 19.8 Å². The van der Waals surface area contributed by atoms with Crippen LogP contribution in [0.2, 0.25) is 0 Å². The smallest absolute Gasteiger partial charge is 0.190 e. The third-order valence-corrected chi connectivity index (χ3v) is 4.17. The van der Waals surface area contributed by atoms with Gasteiger partial charge in [-0.3, -0.25) is 4.99 Å². The molecule has 2 N–H and O–H groups in total. The second-order valence-electron chi connectivity index (χ2n) is 6.09. The Morgan fingerprint density at radius 3 is 2.60 bits per heavy atom. The second kappa shape index (κ2) is 11.7. The third-order valence-electron chi connectivity index (χ3n) is 4.17. The quantitative estimate of drug-likeness (QED) is 0.384. The topological polar surface area (TPSA) is 64.1 Å². The number of aryl methyl sites for hydroxylation is 1. The van der Waals surface area contributed by atoms with Gasteiger partial charge in [-0.25, -0.2) is 0 Å². The molecule has 0 amide bonds. The van der Waals surface area contributed by atoms with Gasteiger partial charge in [-0.15, -0.1) is 0 Å². The van der Waals surface area contributed by atoms with E-state index < -0.39 is 0 Å². The van der Waals surface area contributed by atoms with Crippen LogP contribution in [0.3, 0.4) is 0 Å². The van der Waals surface area contributed by atoms with Gasteiger partial charge in [-0.2, -0.15) is 0 Å². The average molecular weight is 349 g/mol. The maximum absolute atomic E-state index is 5.75. The van der Waals surface area contributed by atoms with Crippen molar-refractivity contribution in [3.8, 4) is 5.75 Å². The average Bonchev–Trinajstić information content (AvgIpc) is 3.17. The summed E-state index contributed by atoms with van der Waals surface area (Å²) in [6.07, 6.45) is 4.35. The summed E-state index contributed by atoms with van der Waals surface area (Å²) in [6.45, 7) is 4.07. The number of methoxy groups -OCH3 is 1. The van der Waals surface area contributed by atoms with Gasteiger partial charge >= 0.3 is 0 Å². The lowest BCUT2D eigenvalue weighted by Crippen LogP contribution is -2.38. The summed E-state index contributed by atoms with van der Waals surface area (Å²) in [7, 11) is 3.48. The highest BCUT2D eigenvalue weighted by Gasteiger charge is 2.15. The van der Waals surface area contributed by atoms with Gasteiger partial charge in [-0.1, -0.05) is 12.1 Å². The molecule has 6 nitrogen and oxygen atoms in total. The fraction of sp³-hybridized carbons (Fsp3) is 0.632. The maximum Gasteiger partial charge on any atom is 0.190 e. The fourth-order valence-corrected chi connectivity index (χ4v) is 2.69. The minimum absolute atomic E-state index is 0.287. The predicted molar refractivity (Wildman–Crippen MR) is 100 cm³/mol. The molecule has 25 heavy (non-hydrogen) atoms. The lowest BCUT2D eigenvalue weighted by Gasteiger charge is -2.13. The Morgan fingerprint density at radius 2 is 1.96 bits per heavy atom. The molecule has 1 aromatic rings. The van der Waals surface area contributed by atoms with Crippen molar-refractivity contribution in [2.24, 2.45) is 4.99 Å². The first-order valence-corrected chi connectivity index (χ1v) is 9.08. The number of nitrogens with zero attached hydrogens (tertiary/aromatic N) is 1. The minimum atomic E-state index is 0.287. The first-order valence-electron chi connectivity index (χ1n) is 9.08. The van der Waals surface area contributed by atoms with E-state index in [1.165, 1.54) is 5.56 Å². The van der Waals surface area contributed by atoms with Crippen LogP contribution in [0.4, 0.5) is 0 Å². The van der Waals surface area contributed by atoms with E-state index in [1.54, 1.807) is 14.2 Å². The summed E-state index contributed by atoms with van der Waals surface area (Å²) in [6, 6.07) is 8.23. The van der Waals surface area contributed by atoms with Gasteiger partial charge in [-0.05, 0) is 43.4 Å². The van der Waals surface area contributed by atoms with Gasteiger partial charge in [0, 0.05) is 33.4 Å². The molecule has 2 rings (SSSR count). The first-order chi connectivity index (χ1) is 12.3. The van der Waals surface area contributed by atoms with Crippen LogP contribution in [0.1, 0.15) is 24.8 Å². The summed E-state index contributed by atoms with van der Waals surface area (Å²) in [5.74, 6) is 1.75. The predicted octanol–water partition coefficient (Wildman–Crippen LogP) is 1.99. The molecule has 0 aliphatic carbocycles. The van der Waals surface area contributed by atoms with Crippen LogP contribution in [0.15, 0.2) is 29.3 Å². The number of ether oxygens (including phenoxy) is 3. The highest BCUT2D eigenvalue weighted by molar-refractivity contribution is 5.79. The second-order valence-corrected chi connectivity index (χ2v) is 6.09. The number of hydrogen-bond acceptors (Lipinski definition) is 4. The van der Waals surface area contributed by atoms with Crippen molar-refractivity contribution in [1.82, 2.24) is 10.6 Å². The molecule has 0 saturated carbocycles. The van der Waals surface area contributed by atoms with E-state index >= 15 is 0 Å². The van der Waals surface area contributed by atoms with Crippen LogP contribution in [0.25, 0.3) is 0 Å². The Bertz CT molecular complexity index is 499. The molecular weight excluding hydrogens is 318 g/mol. The third kappa shape index (κ3) is 7.75. The van der Waals surface area contributed by atoms with Crippen LogP contribution in [-0.2, 0) is 15.9 Å². The molecule has 1 unspecified atom stereocenters. The standard InChI is InChI=1S/C19H31N3O3/c1-20-19(22-12-4-13-25-18-10-14-24-15-18)21-11-3-5-16-6-8-17(23-2)9-7-16/h6-9,18H,3-5,10-15H2,1-2H3,(H2,20,21,22). The first kappa shape index (κ1) is 19.5. The molecule has 1 saturated heterocycles. The van der Waals surface area contributed by atoms with Crippen molar-refractivity contribution in [3.63, 3.8) is 0 Å².